The number of hydrogen-bond donors (Lipinski definition) is 3. The quantitative estimate of drug-likeness (QED) is 0.335. The van der Waals surface area contributed by atoms with Crippen molar-refractivity contribution in [2.24, 2.45) is 0 Å². The minimum absolute atomic E-state index is 0.162. The van der Waals surface area contributed by atoms with Gasteiger partial charge in [0, 0.05) is 5.69 Å². The highest BCUT2D eigenvalue weighted by Gasteiger charge is 2.35. The molecule has 3 aromatic rings. The van der Waals surface area contributed by atoms with Crippen LogP contribution in [0.15, 0.2) is 71.6 Å². The molecule has 0 bridgehead atoms. The second kappa shape index (κ2) is 8.40. The fraction of sp³-hybridized carbons (Fsp3) is 0.208. The van der Waals surface area contributed by atoms with Crippen LogP contribution in [0.3, 0.4) is 0 Å². The van der Waals surface area contributed by atoms with Crippen molar-refractivity contribution < 1.29 is 27.4 Å². The Labute approximate surface area is 191 Å². The molecule has 1 heterocycles. The lowest BCUT2D eigenvalue weighted by Gasteiger charge is -2.39. The highest BCUT2D eigenvalue weighted by atomic mass is 32.2. The van der Waals surface area contributed by atoms with Crippen LogP contribution in [-0.2, 0) is 15.4 Å². The molecule has 9 heteroatoms. The van der Waals surface area contributed by atoms with E-state index in [1.165, 1.54) is 18.2 Å². The number of carboxylic acid groups (broad SMARTS) is 1. The minimum atomic E-state index is -3.99. The Morgan fingerprint density at radius 3 is 2.61 bits per heavy atom. The van der Waals surface area contributed by atoms with E-state index in [0.29, 0.717) is 12.1 Å². The fourth-order valence-corrected chi connectivity index (χ4v) is 5.27. The maximum atomic E-state index is 13.6. The first-order chi connectivity index (χ1) is 15.5. The zero-order valence-corrected chi connectivity index (χ0v) is 18.8. The molecule has 0 radical (unpaired) electrons. The maximum Gasteiger partial charge on any atom is 0.511 e. The Kier molecular flexibility index (Phi) is 5.75. The summed E-state index contributed by atoms with van der Waals surface area (Å²) >= 11 is 0. The zero-order chi connectivity index (χ0) is 23.8. The number of anilines is 2. The molecule has 1 aliphatic rings. The summed E-state index contributed by atoms with van der Waals surface area (Å²) in [6.45, 7) is 4.06. The smallest absolute Gasteiger partial charge is 0.449 e. The van der Waals surface area contributed by atoms with Gasteiger partial charge in [0.25, 0.3) is 10.0 Å². The normalized spacial score (nSPS) is 16.9. The first-order valence-electron chi connectivity index (χ1n) is 10.2. The molecule has 1 atom stereocenters. The Balaban J connectivity index is 1.67. The number of carbonyl (C=O) groups is 1. The molecule has 172 valence electrons. The highest BCUT2D eigenvalue weighted by molar-refractivity contribution is 7.92. The molecule has 0 saturated heterocycles. The zero-order valence-electron chi connectivity index (χ0n) is 18.0. The molecule has 0 amide bonds. The van der Waals surface area contributed by atoms with Crippen molar-refractivity contribution in [1.29, 1.82) is 0 Å². The van der Waals surface area contributed by atoms with Crippen molar-refractivity contribution in [2.45, 2.75) is 36.6 Å². The third kappa shape index (κ3) is 4.78. The van der Waals surface area contributed by atoms with Gasteiger partial charge in [0.2, 0.25) is 0 Å². The second-order valence-electron chi connectivity index (χ2n) is 8.51. The topological polar surface area (TPSA) is 105 Å². The van der Waals surface area contributed by atoms with Crippen LogP contribution in [0.2, 0.25) is 0 Å². The summed E-state index contributed by atoms with van der Waals surface area (Å²) in [5.74, 6) is -0.400. The van der Waals surface area contributed by atoms with Crippen molar-refractivity contribution in [3.63, 3.8) is 0 Å². The fourth-order valence-electron chi connectivity index (χ4n) is 4.15. The lowest BCUT2D eigenvalue weighted by molar-refractivity contribution is 0.144. The lowest BCUT2D eigenvalue weighted by atomic mass is 9.74. The number of ether oxygens (including phenoxy) is 1. The van der Waals surface area contributed by atoms with Gasteiger partial charge in [-0.15, -0.1) is 0 Å². The van der Waals surface area contributed by atoms with Gasteiger partial charge in [-0.25, -0.2) is 17.6 Å². The minimum Gasteiger partial charge on any atom is -0.449 e. The number of benzene rings is 3. The summed E-state index contributed by atoms with van der Waals surface area (Å²) < 4.78 is 46.7. The van der Waals surface area contributed by atoms with E-state index < -0.39 is 22.0 Å². The van der Waals surface area contributed by atoms with E-state index >= 15 is 0 Å². The average Bonchev–Trinajstić information content (AvgIpc) is 2.73. The highest BCUT2D eigenvalue weighted by Crippen LogP contribution is 2.46. The molecule has 3 N–H and O–H groups in total. The van der Waals surface area contributed by atoms with E-state index in [4.69, 9.17) is 9.84 Å². The van der Waals surface area contributed by atoms with Gasteiger partial charge in [0.05, 0.1) is 16.6 Å². The number of para-hydroxylation sites is 1. The number of halogens is 1. The largest absolute Gasteiger partial charge is 0.511 e. The van der Waals surface area contributed by atoms with Gasteiger partial charge in [0.1, 0.15) is 11.6 Å². The third-order valence-electron chi connectivity index (χ3n) is 5.66. The first kappa shape index (κ1) is 22.6. The van der Waals surface area contributed by atoms with Gasteiger partial charge < -0.3 is 15.2 Å². The third-order valence-corrected chi connectivity index (χ3v) is 7.02. The van der Waals surface area contributed by atoms with E-state index in [2.05, 4.69) is 10.0 Å². The molecule has 4 rings (SSSR count). The van der Waals surface area contributed by atoms with Gasteiger partial charge in [-0.3, -0.25) is 4.72 Å². The number of sulfonamides is 1. The van der Waals surface area contributed by atoms with Crippen LogP contribution in [0.4, 0.5) is 20.6 Å². The van der Waals surface area contributed by atoms with Crippen LogP contribution in [-0.4, -0.2) is 19.7 Å². The first-order valence-corrected chi connectivity index (χ1v) is 11.7. The summed E-state index contributed by atoms with van der Waals surface area (Å²) in [4.78, 5) is 10.7. The van der Waals surface area contributed by atoms with Crippen LogP contribution in [0.5, 0.6) is 5.75 Å². The Morgan fingerprint density at radius 1 is 1.12 bits per heavy atom. The average molecular weight is 471 g/mol. The van der Waals surface area contributed by atoms with Gasteiger partial charge in [-0.2, -0.15) is 0 Å². The van der Waals surface area contributed by atoms with E-state index in [9.17, 15) is 17.6 Å². The Hall–Kier alpha value is -3.59. The van der Waals surface area contributed by atoms with Gasteiger partial charge >= 0.3 is 6.16 Å². The molecule has 0 aliphatic carbocycles. The molecule has 33 heavy (non-hydrogen) atoms. The molecule has 0 spiro atoms. The summed E-state index contributed by atoms with van der Waals surface area (Å²) in [7, 11) is -3.99. The Morgan fingerprint density at radius 2 is 1.88 bits per heavy atom. The summed E-state index contributed by atoms with van der Waals surface area (Å²) in [6, 6.07) is 16.7. The number of fused-ring (bicyclic) bond motifs is 1. The predicted octanol–water partition coefficient (Wildman–Crippen LogP) is 5.52. The molecule has 7 nitrogen and oxygen atoms in total. The molecular weight excluding hydrogens is 447 g/mol. The van der Waals surface area contributed by atoms with Crippen LogP contribution in [0, 0.1) is 5.82 Å². The summed E-state index contributed by atoms with van der Waals surface area (Å²) in [5, 5.41) is 12.3. The number of nitrogens with one attached hydrogen (secondary N) is 2. The molecule has 0 fully saturated rings. The summed E-state index contributed by atoms with van der Waals surface area (Å²) in [5.41, 5.74) is 2.47. The molecule has 1 aliphatic heterocycles. The van der Waals surface area contributed by atoms with Crippen molar-refractivity contribution in [1.82, 2.24) is 0 Å². The number of hydrogen-bond acceptors (Lipinski definition) is 5. The van der Waals surface area contributed by atoms with Crippen LogP contribution in [0.25, 0.3) is 0 Å². The SMILES string of the molecule is CC1(C)CC(c2ccccc2NS(=O)(=O)c2cccc(F)c2)Nc2ccc(OC(=O)O)cc21. The second-order valence-corrected chi connectivity index (χ2v) is 10.2. The Bertz CT molecular complexity index is 1320. The van der Waals surface area contributed by atoms with E-state index in [-0.39, 0.29) is 22.1 Å². The monoisotopic (exact) mass is 470 g/mol. The molecular formula is C24H23FN2O5S. The standard InChI is InChI=1S/C24H23FN2O5S/c1-24(2)14-22(26-21-11-10-16(13-19(21)24)32-23(28)29)18-8-3-4-9-20(18)27-33(30,31)17-7-5-6-15(25)12-17/h3-13,22,26-27H,14H2,1-2H3,(H,28,29). The number of rotatable bonds is 5. The predicted molar refractivity (Wildman–Crippen MR) is 123 cm³/mol. The van der Waals surface area contributed by atoms with E-state index in [0.717, 1.165) is 22.9 Å². The van der Waals surface area contributed by atoms with E-state index in [1.54, 1.807) is 30.3 Å². The summed E-state index contributed by atoms with van der Waals surface area (Å²) in [6.07, 6.45) is -0.774. The van der Waals surface area contributed by atoms with Crippen LogP contribution >= 0.6 is 0 Å². The molecule has 1 unspecified atom stereocenters. The maximum absolute atomic E-state index is 13.6. The van der Waals surface area contributed by atoms with Crippen LogP contribution < -0.4 is 14.8 Å². The molecule has 3 aromatic carbocycles. The van der Waals surface area contributed by atoms with Crippen molar-refractivity contribution in [2.75, 3.05) is 10.0 Å². The van der Waals surface area contributed by atoms with Gasteiger partial charge in [0.15, 0.2) is 0 Å². The van der Waals surface area contributed by atoms with Gasteiger partial charge in [-0.1, -0.05) is 38.1 Å². The van der Waals surface area contributed by atoms with Crippen LogP contribution in [0.1, 0.15) is 37.4 Å². The lowest BCUT2D eigenvalue weighted by Crippen LogP contribution is -2.31. The molecule has 0 saturated carbocycles. The van der Waals surface area contributed by atoms with Crippen molar-refractivity contribution >= 4 is 27.6 Å². The van der Waals surface area contributed by atoms with Crippen molar-refractivity contribution in [3.05, 3.63) is 83.7 Å². The van der Waals surface area contributed by atoms with Crippen molar-refractivity contribution in [3.8, 4) is 5.75 Å². The van der Waals surface area contributed by atoms with Gasteiger partial charge in [-0.05, 0) is 65.4 Å². The van der Waals surface area contributed by atoms with E-state index in [1.807, 2.05) is 26.0 Å². The molecule has 0 aromatic heterocycles.